The summed E-state index contributed by atoms with van der Waals surface area (Å²) in [7, 11) is -3.50. The third-order valence-electron chi connectivity index (χ3n) is 6.86. The van der Waals surface area contributed by atoms with E-state index in [2.05, 4.69) is 5.10 Å². The fraction of sp³-hybridized carbons (Fsp3) is 0.385. The minimum atomic E-state index is -3.50. The molecule has 0 bridgehead atoms. The van der Waals surface area contributed by atoms with Crippen molar-refractivity contribution in [3.05, 3.63) is 71.0 Å². The third-order valence-corrected chi connectivity index (χ3v) is 8.75. The number of fused-ring (bicyclic) bond motifs is 1. The lowest BCUT2D eigenvalue weighted by Gasteiger charge is -2.26. The quantitative estimate of drug-likeness (QED) is 0.553. The van der Waals surface area contributed by atoms with Crippen molar-refractivity contribution in [2.75, 3.05) is 24.5 Å². The fourth-order valence-corrected chi connectivity index (χ4v) is 6.52. The third kappa shape index (κ3) is 3.95. The number of hydrogen-bond donors (Lipinski definition) is 0. The maximum absolute atomic E-state index is 13.6. The number of hydrogen-bond acceptors (Lipinski definition) is 4. The summed E-state index contributed by atoms with van der Waals surface area (Å²) in [6.45, 7) is 5.74. The molecule has 1 aromatic heterocycles. The first-order valence-corrected chi connectivity index (χ1v) is 13.4. The van der Waals surface area contributed by atoms with Crippen LogP contribution in [0.25, 0.3) is 5.69 Å². The SMILES string of the molecule is CCc1c(C(=O)N2CCc3cc(S(=O)(=O)N4CCCCC4)ccc32)cnn1-c1ccc(C)cc1. The molecule has 3 heterocycles. The van der Waals surface area contributed by atoms with E-state index in [0.29, 0.717) is 42.9 Å². The molecule has 0 saturated carbocycles. The van der Waals surface area contributed by atoms with Gasteiger partial charge in [-0.1, -0.05) is 31.0 Å². The topological polar surface area (TPSA) is 75.5 Å². The van der Waals surface area contributed by atoms with Gasteiger partial charge in [-0.2, -0.15) is 9.40 Å². The Balaban J connectivity index is 1.43. The summed E-state index contributed by atoms with van der Waals surface area (Å²) in [5.41, 5.74) is 5.23. The molecule has 8 heteroatoms. The van der Waals surface area contributed by atoms with Crippen LogP contribution in [-0.4, -0.2) is 48.0 Å². The number of nitrogens with zero attached hydrogens (tertiary/aromatic N) is 4. The highest BCUT2D eigenvalue weighted by atomic mass is 32.2. The molecule has 2 aliphatic rings. The van der Waals surface area contributed by atoms with Crippen LogP contribution in [-0.2, 0) is 22.9 Å². The molecule has 1 fully saturated rings. The first kappa shape index (κ1) is 22.8. The highest BCUT2D eigenvalue weighted by Gasteiger charge is 2.31. The second-order valence-electron chi connectivity index (χ2n) is 9.07. The van der Waals surface area contributed by atoms with Gasteiger partial charge >= 0.3 is 0 Å². The predicted octanol–water partition coefficient (Wildman–Crippen LogP) is 4.12. The number of amides is 1. The van der Waals surface area contributed by atoms with Gasteiger partial charge in [0, 0.05) is 25.3 Å². The number of carbonyl (C=O) groups excluding carboxylic acids is 1. The van der Waals surface area contributed by atoms with E-state index in [1.165, 1.54) is 5.56 Å². The second-order valence-corrected chi connectivity index (χ2v) is 11.0. The van der Waals surface area contributed by atoms with Gasteiger partial charge in [0.15, 0.2) is 0 Å². The lowest BCUT2D eigenvalue weighted by Crippen LogP contribution is -2.35. The molecule has 1 saturated heterocycles. The van der Waals surface area contributed by atoms with Crippen LogP contribution in [0.4, 0.5) is 5.69 Å². The van der Waals surface area contributed by atoms with Crippen LogP contribution in [0.15, 0.2) is 53.6 Å². The Kier molecular flexibility index (Phi) is 6.04. The van der Waals surface area contributed by atoms with Gasteiger partial charge in [0.25, 0.3) is 5.91 Å². The molecule has 0 radical (unpaired) electrons. The second kappa shape index (κ2) is 9.00. The number of anilines is 1. The van der Waals surface area contributed by atoms with E-state index in [9.17, 15) is 13.2 Å². The molecule has 178 valence electrons. The van der Waals surface area contributed by atoms with E-state index < -0.39 is 10.0 Å². The van der Waals surface area contributed by atoms with E-state index in [4.69, 9.17) is 0 Å². The Labute approximate surface area is 201 Å². The van der Waals surface area contributed by atoms with Crippen LogP contribution in [0.3, 0.4) is 0 Å². The van der Waals surface area contributed by atoms with Crippen molar-refractivity contribution in [2.24, 2.45) is 0 Å². The van der Waals surface area contributed by atoms with E-state index >= 15 is 0 Å². The van der Waals surface area contributed by atoms with E-state index in [1.807, 2.05) is 42.8 Å². The Morgan fingerprint density at radius 2 is 1.74 bits per heavy atom. The summed E-state index contributed by atoms with van der Waals surface area (Å²) < 4.78 is 29.6. The Morgan fingerprint density at radius 3 is 2.44 bits per heavy atom. The number of aromatic nitrogens is 2. The summed E-state index contributed by atoms with van der Waals surface area (Å²) in [6.07, 6.45) is 5.84. The van der Waals surface area contributed by atoms with Gasteiger partial charge in [0.2, 0.25) is 10.0 Å². The molecule has 2 aromatic carbocycles. The predicted molar refractivity (Wildman–Crippen MR) is 132 cm³/mol. The van der Waals surface area contributed by atoms with Crippen LogP contribution in [0.1, 0.15) is 53.4 Å². The Bertz CT molecular complexity index is 1320. The maximum Gasteiger partial charge on any atom is 0.261 e. The molecule has 34 heavy (non-hydrogen) atoms. The van der Waals surface area contributed by atoms with Crippen LogP contribution < -0.4 is 4.90 Å². The summed E-state index contributed by atoms with van der Waals surface area (Å²) >= 11 is 0. The summed E-state index contributed by atoms with van der Waals surface area (Å²) in [6, 6.07) is 13.3. The molecule has 0 atom stereocenters. The molecule has 5 rings (SSSR count). The zero-order valence-electron chi connectivity index (χ0n) is 19.7. The number of piperidine rings is 1. The van der Waals surface area contributed by atoms with Gasteiger partial charge in [-0.3, -0.25) is 4.79 Å². The van der Waals surface area contributed by atoms with Gasteiger partial charge in [-0.15, -0.1) is 0 Å². The number of carbonyl (C=O) groups is 1. The number of rotatable bonds is 5. The van der Waals surface area contributed by atoms with Crippen molar-refractivity contribution in [3.8, 4) is 5.69 Å². The molecular formula is C26H30N4O3S. The Morgan fingerprint density at radius 1 is 1.00 bits per heavy atom. The average Bonchev–Trinajstić information content (AvgIpc) is 3.48. The van der Waals surface area contributed by atoms with Crippen molar-refractivity contribution in [3.63, 3.8) is 0 Å². The summed E-state index contributed by atoms with van der Waals surface area (Å²) in [5, 5.41) is 4.52. The monoisotopic (exact) mass is 478 g/mol. The van der Waals surface area contributed by atoms with Gasteiger partial charge < -0.3 is 4.90 Å². The van der Waals surface area contributed by atoms with Crippen molar-refractivity contribution in [2.45, 2.75) is 50.8 Å². The van der Waals surface area contributed by atoms with Crippen LogP contribution in [0, 0.1) is 6.92 Å². The standard InChI is InChI=1S/C26H30N4O3S/c1-3-24-23(18-27-30(24)21-9-7-19(2)8-10-21)26(31)29-16-13-20-17-22(11-12-25(20)29)34(32,33)28-14-5-4-6-15-28/h7-12,17-18H,3-6,13-16H2,1-2H3. The lowest BCUT2D eigenvalue weighted by atomic mass is 10.1. The van der Waals surface area contributed by atoms with E-state index in [0.717, 1.165) is 41.9 Å². The van der Waals surface area contributed by atoms with Gasteiger partial charge in [-0.25, -0.2) is 13.1 Å². The molecule has 2 aliphatic heterocycles. The van der Waals surface area contributed by atoms with E-state index in [-0.39, 0.29) is 5.91 Å². The summed E-state index contributed by atoms with van der Waals surface area (Å²) in [4.78, 5) is 15.6. The normalized spacial score (nSPS) is 16.6. The largest absolute Gasteiger partial charge is 0.308 e. The number of aryl methyl sites for hydroxylation is 1. The molecule has 0 aliphatic carbocycles. The molecule has 0 unspecified atom stereocenters. The maximum atomic E-state index is 13.6. The van der Waals surface area contributed by atoms with Crippen molar-refractivity contribution >= 4 is 21.6 Å². The minimum Gasteiger partial charge on any atom is -0.308 e. The van der Waals surface area contributed by atoms with Gasteiger partial charge in [-0.05, 0) is 68.5 Å². The molecular weight excluding hydrogens is 448 g/mol. The van der Waals surface area contributed by atoms with Crippen molar-refractivity contribution in [1.29, 1.82) is 0 Å². The first-order chi connectivity index (χ1) is 16.4. The fourth-order valence-electron chi connectivity index (χ4n) is 4.95. The molecule has 0 spiro atoms. The molecule has 7 nitrogen and oxygen atoms in total. The lowest BCUT2D eigenvalue weighted by molar-refractivity contribution is 0.0988. The number of benzene rings is 2. The highest BCUT2D eigenvalue weighted by Crippen LogP contribution is 2.33. The number of sulfonamides is 1. The van der Waals surface area contributed by atoms with Crippen molar-refractivity contribution < 1.29 is 13.2 Å². The zero-order valence-corrected chi connectivity index (χ0v) is 20.5. The van der Waals surface area contributed by atoms with E-state index in [1.54, 1.807) is 33.6 Å². The van der Waals surface area contributed by atoms with Crippen LogP contribution in [0.5, 0.6) is 0 Å². The van der Waals surface area contributed by atoms with Crippen molar-refractivity contribution in [1.82, 2.24) is 14.1 Å². The molecule has 1 amide bonds. The minimum absolute atomic E-state index is 0.0967. The van der Waals surface area contributed by atoms with Gasteiger partial charge in [0.1, 0.15) is 0 Å². The average molecular weight is 479 g/mol. The highest BCUT2D eigenvalue weighted by molar-refractivity contribution is 7.89. The zero-order chi connectivity index (χ0) is 23.9. The molecule has 0 N–H and O–H groups in total. The van der Waals surface area contributed by atoms with Gasteiger partial charge in [0.05, 0.1) is 28.0 Å². The molecule has 3 aromatic rings. The Hall–Kier alpha value is -2.97. The van der Waals surface area contributed by atoms with Crippen LogP contribution in [0.2, 0.25) is 0 Å². The van der Waals surface area contributed by atoms with Crippen LogP contribution >= 0.6 is 0 Å². The first-order valence-electron chi connectivity index (χ1n) is 12.0. The smallest absolute Gasteiger partial charge is 0.261 e. The summed E-state index contributed by atoms with van der Waals surface area (Å²) in [5.74, 6) is -0.0967.